The Labute approximate surface area is 141 Å². The first-order valence-electron chi connectivity index (χ1n) is 8.14. The van der Waals surface area contributed by atoms with E-state index in [1.165, 1.54) is 0 Å². The lowest BCUT2D eigenvalue weighted by molar-refractivity contribution is -0.119. The van der Waals surface area contributed by atoms with Crippen LogP contribution in [0.25, 0.3) is 0 Å². The number of aryl methyl sites for hydroxylation is 1. The van der Waals surface area contributed by atoms with E-state index in [-0.39, 0.29) is 11.8 Å². The standard InChI is InChI=1S/C18H22ClN3O/c1-12-17(20-18(23)14-7-3-4-8-14)13(2)22(21-12)11-15-9-5-6-10-16(15)19/h5-6,9-10,14H,3-4,7-8,11H2,1-2H3,(H,20,23). The van der Waals surface area contributed by atoms with Crippen LogP contribution in [-0.4, -0.2) is 15.7 Å². The first-order chi connectivity index (χ1) is 11.1. The molecule has 5 heteroatoms. The number of aromatic nitrogens is 2. The van der Waals surface area contributed by atoms with Gasteiger partial charge in [-0.05, 0) is 38.3 Å². The Kier molecular flexibility index (Phi) is 4.71. The van der Waals surface area contributed by atoms with Gasteiger partial charge in [0.2, 0.25) is 5.91 Å². The normalized spacial score (nSPS) is 15.1. The van der Waals surface area contributed by atoms with E-state index in [1.807, 2.05) is 42.8 Å². The molecule has 1 aliphatic carbocycles. The molecule has 0 saturated heterocycles. The molecule has 1 saturated carbocycles. The first kappa shape index (κ1) is 16.1. The van der Waals surface area contributed by atoms with Gasteiger partial charge in [0.25, 0.3) is 0 Å². The number of rotatable bonds is 4. The molecular weight excluding hydrogens is 310 g/mol. The number of benzene rings is 1. The largest absolute Gasteiger partial charge is 0.323 e. The minimum Gasteiger partial charge on any atom is -0.323 e. The summed E-state index contributed by atoms with van der Waals surface area (Å²) in [4.78, 5) is 12.4. The van der Waals surface area contributed by atoms with Gasteiger partial charge in [-0.3, -0.25) is 9.48 Å². The van der Waals surface area contributed by atoms with Crippen molar-refractivity contribution in [3.8, 4) is 0 Å². The van der Waals surface area contributed by atoms with Gasteiger partial charge in [-0.2, -0.15) is 5.10 Å². The summed E-state index contributed by atoms with van der Waals surface area (Å²) < 4.78 is 1.90. The van der Waals surface area contributed by atoms with Crippen LogP contribution in [0.2, 0.25) is 5.02 Å². The van der Waals surface area contributed by atoms with Crippen LogP contribution in [0, 0.1) is 19.8 Å². The molecule has 1 fully saturated rings. The SMILES string of the molecule is Cc1nn(Cc2ccccc2Cl)c(C)c1NC(=O)C1CCCC1. The Morgan fingerprint density at radius 1 is 1.30 bits per heavy atom. The summed E-state index contributed by atoms with van der Waals surface area (Å²) in [6, 6.07) is 7.76. The van der Waals surface area contributed by atoms with Crippen LogP contribution in [0.15, 0.2) is 24.3 Å². The molecule has 0 radical (unpaired) electrons. The number of anilines is 1. The minimum atomic E-state index is 0.131. The van der Waals surface area contributed by atoms with Crippen molar-refractivity contribution in [3.05, 3.63) is 46.2 Å². The molecule has 2 aromatic rings. The number of carbonyl (C=O) groups excluding carboxylic acids is 1. The molecule has 23 heavy (non-hydrogen) atoms. The van der Waals surface area contributed by atoms with Crippen molar-refractivity contribution >= 4 is 23.2 Å². The highest BCUT2D eigenvalue weighted by Gasteiger charge is 2.24. The third kappa shape index (κ3) is 3.42. The van der Waals surface area contributed by atoms with E-state index in [4.69, 9.17) is 11.6 Å². The summed E-state index contributed by atoms with van der Waals surface area (Å²) in [5, 5.41) is 8.39. The Bertz CT molecular complexity index is 717. The van der Waals surface area contributed by atoms with Gasteiger partial charge in [-0.15, -0.1) is 0 Å². The molecule has 3 rings (SSSR count). The lowest BCUT2D eigenvalue weighted by Crippen LogP contribution is -2.21. The van der Waals surface area contributed by atoms with Crippen molar-refractivity contribution in [3.63, 3.8) is 0 Å². The number of carbonyl (C=O) groups is 1. The lowest BCUT2D eigenvalue weighted by atomic mass is 10.1. The van der Waals surface area contributed by atoms with E-state index in [0.29, 0.717) is 6.54 Å². The summed E-state index contributed by atoms with van der Waals surface area (Å²) in [6.45, 7) is 4.52. The highest BCUT2D eigenvalue weighted by atomic mass is 35.5. The highest BCUT2D eigenvalue weighted by molar-refractivity contribution is 6.31. The Morgan fingerprint density at radius 2 is 2.00 bits per heavy atom. The van der Waals surface area contributed by atoms with Crippen LogP contribution in [0.3, 0.4) is 0 Å². The summed E-state index contributed by atoms with van der Waals surface area (Å²) in [5.41, 5.74) is 3.68. The third-order valence-corrected chi connectivity index (χ3v) is 5.00. The molecule has 4 nitrogen and oxygen atoms in total. The van der Waals surface area contributed by atoms with E-state index < -0.39 is 0 Å². The predicted molar refractivity (Wildman–Crippen MR) is 92.8 cm³/mol. The van der Waals surface area contributed by atoms with Crippen LogP contribution in [0.5, 0.6) is 0 Å². The third-order valence-electron chi connectivity index (χ3n) is 4.63. The topological polar surface area (TPSA) is 46.9 Å². The number of hydrogen-bond donors (Lipinski definition) is 1. The van der Waals surface area contributed by atoms with Gasteiger partial charge < -0.3 is 5.32 Å². The molecule has 1 aliphatic rings. The highest BCUT2D eigenvalue weighted by Crippen LogP contribution is 2.28. The van der Waals surface area contributed by atoms with Crippen molar-refractivity contribution in [2.75, 3.05) is 5.32 Å². The zero-order chi connectivity index (χ0) is 16.4. The zero-order valence-corrected chi connectivity index (χ0v) is 14.4. The van der Waals surface area contributed by atoms with Gasteiger partial charge in [-0.1, -0.05) is 42.6 Å². The molecule has 1 N–H and O–H groups in total. The van der Waals surface area contributed by atoms with Gasteiger partial charge in [0.05, 0.1) is 23.6 Å². The molecule has 0 atom stereocenters. The molecule has 0 bridgehead atoms. The Balaban J connectivity index is 1.79. The number of hydrogen-bond acceptors (Lipinski definition) is 2. The van der Waals surface area contributed by atoms with Crippen LogP contribution >= 0.6 is 11.6 Å². The van der Waals surface area contributed by atoms with E-state index in [0.717, 1.165) is 53.3 Å². The van der Waals surface area contributed by atoms with Gasteiger partial charge in [0.1, 0.15) is 0 Å². The average molecular weight is 332 g/mol. The van der Waals surface area contributed by atoms with Crippen LogP contribution in [0.4, 0.5) is 5.69 Å². The monoisotopic (exact) mass is 331 g/mol. The molecular formula is C18H22ClN3O. The maximum absolute atomic E-state index is 12.4. The van der Waals surface area contributed by atoms with Crippen LogP contribution in [0.1, 0.15) is 42.6 Å². The van der Waals surface area contributed by atoms with Gasteiger partial charge >= 0.3 is 0 Å². The molecule has 122 valence electrons. The maximum atomic E-state index is 12.4. The van der Waals surface area contributed by atoms with E-state index in [9.17, 15) is 4.79 Å². The first-order valence-corrected chi connectivity index (χ1v) is 8.52. The second kappa shape index (κ2) is 6.75. The van der Waals surface area contributed by atoms with E-state index in [1.54, 1.807) is 0 Å². The molecule has 0 unspecified atom stereocenters. The fourth-order valence-electron chi connectivity index (χ4n) is 3.23. The Morgan fingerprint density at radius 3 is 2.70 bits per heavy atom. The van der Waals surface area contributed by atoms with Crippen molar-refractivity contribution in [2.45, 2.75) is 46.1 Å². The lowest BCUT2D eigenvalue weighted by Gasteiger charge is -2.11. The van der Waals surface area contributed by atoms with Crippen LogP contribution < -0.4 is 5.32 Å². The molecule has 0 aliphatic heterocycles. The number of amides is 1. The summed E-state index contributed by atoms with van der Waals surface area (Å²) in [5.74, 6) is 0.284. The van der Waals surface area contributed by atoms with Crippen molar-refractivity contribution in [1.82, 2.24) is 9.78 Å². The number of halogens is 1. The smallest absolute Gasteiger partial charge is 0.227 e. The zero-order valence-electron chi connectivity index (χ0n) is 13.6. The van der Waals surface area contributed by atoms with E-state index in [2.05, 4.69) is 10.4 Å². The van der Waals surface area contributed by atoms with Crippen molar-refractivity contribution in [1.29, 1.82) is 0 Å². The predicted octanol–water partition coefficient (Wildman–Crippen LogP) is 4.33. The molecule has 1 heterocycles. The molecule has 1 amide bonds. The maximum Gasteiger partial charge on any atom is 0.227 e. The fraction of sp³-hybridized carbons (Fsp3) is 0.444. The summed E-state index contributed by atoms with van der Waals surface area (Å²) in [7, 11) is 0. The second-order valence-corrected chi connectivity index (χ2v) is 6.67. The number of nitrogens with zero attached hydrogens (tertiary/aromatic N) is 2. The second-order valence-electron chi connectivity index (χ2n) is 6.27. The van der Waals surface area contributed by atoms with Gasteiger partial charge in [0, 0.05) is 10.9 Å². The number of nitrogens with one attached hydrogen (secondary N) is 1. The minimum absolute atomic E-state index is 0.131. The average Bonchev–Trinajstić information content (AvgIpc) is 3.14. The molecule has 0 spiro atoms. The van der Waals surface area contributed by atoms with Crippen molar-refractivity contribution < 1.29 is 4.79 Å². The van der Waals surface area contributed by atoms with Crippen LogP contribution in [-0.2, 0) is 11.3 Å². The quantitative estimate of drug-likeness (QED) is 0.906. The van der Waals surface area contributed by atoms with Gasteiger partial charge in [-0.25, -0.2) is 0 Å². The fourth-order valence-corrected chi connectivity index (χ4v) is 3.43. The Hall–Kier alpha value is -1.81. The van der Waals surface area contributed by atoms with E-state index >= 15 is 0 Å². The van der Waals surface area contributed by atoms with Gasteiger partial charge in [0.15, 0.2) is 0 Å². The summed E-state index contributed by atoms with van der Waals surface area (Å²) >= 11 is 6.23. The molecule has 1 aromatic heterocycles. The summed E-state index contributed by atoms with van der Waals surface area (Å²) in [6.07, 6.45) is 4.30. The molecule has 1 aromatic carbocycles. The van der Waals surface area contributed by atoms with Crippen molar-refractivity contribution in [2.24, 2.45) is 5.92 Å².